The van der Waals surface area contributed by atoms with Crippen molar-refractivity contribution in [2.75, 3.05) is 24.9 Å². The molecule has 1 atom stereocenters. The highest BCUT2D eigenvalue weighted by atomic mass is 35.5. The number of amides is 3. The standard InChI is InChI=1S/C38H31Cl2N3O5S/c1-47-33-15-9-14-26(34(33)48-2)22-32(43-36(44)25-12-7-4-8-13-25)37(45)41-27-16-19-29(20-17-27)49-35(24-10-5-3-6-11-24)38(46)42-28-18-21-30(39)31(40)23-28/h3-23,35H,1-2H3,(H,41,45)(H,42,46)(H,43,44)/b32-22-. The predicted molar refractivity (Wildman–Crippen MR) is 197 cm³/mol. The number of para-hydroxylation sites is 1. The van der Waals surface area contributed by atoms with E-state index in [1.54, 1.807) is 91.0 Å². The summed E-state index contributed by atoms with van der Waals surface area (Å²) in [4.78, 5) is 41.0. The Bertz CT molecular complexity index is 1970. The highest BCUT2D eigenvalue weighted by Gasteiger charge is 2.23. The molecule has 11 heteroatoms. The Kier molecular flexibility index (Phi) is 12.0. The van der Waals surface area contributed by atoms with E-state index < -0.39 is 17.1 Å². The maximum atomic E-state index is 13.7. The Balaban J connectivity index is 1.36. The summed E-state index contributed by atoms with van der Waals surface area (Å²) in [6, 6.07) is 35.2. The number of carbonyl (C=O) groups is 3. The number of methoxy groups -OCH3 is 2. The van der Waals surface area contributed by atoms with Gasteiger partial charge in [0.1, 0.15) is 10.9 Å². The summed E-state index contributed by atoms with van der Waals surface area (Å²) in [5.41, 5.74) is 2.70. The van der Waals surface area contributed by atoms with E-state index in [1.165, 1.54) is 32.1 Å². The minimum Gasteiger partial charge on any atom is -0.493 e. The molecule has 0 aromatic heterocycles. The van der Waals surface area contributed by atoms with Gasteiger partial charge < -0.3 is 25.4 Å². The van der Waals surface area contributed by atoms with Crippen molar-refractivity contribution >= 4 is 70.1 Å². The van der Waals surface area contributed by atoms with Gasteiger partial charge in [0, 0.05) is 27.4 Å². The summed E-state index contributed by atoms with van der Waals surface area (Å²) in [5, 5.41) is 8.64. The number of nitrogens with one attached hydrogen (secondary N) is 3. The zero-order valence-corrected chi connectivity index (χ0v) is 28.7. The number of hydrogen-bond donors (Lipinski definition) is 3. The summed E-state index contributed by atoms with van der Waals surface area (Å²) in [6.45, 7) is 0. The number of benzene rings is 5. The van der Waals surface area contributed by atoms with Crippen molar-refractivity contribution in [1.82, 2.24) is 5.32 Å². The molecule has 0 fully saturated rings. The van der Waals surface area contributed by atoms with Gasteiger partial charge >= 0.3 is 0 Å². The van der Waals surface area contributed by atoms with Crippen LogP contribution in [-0.2, 0) is 9.59 Å². The van der Waals surface area contributed by atoms with Crippen molar-refractivity contribution < 1.29 is 23.9 Å². The molecule has 0 aliphatic rings. The fourth-order valence-corrected chi connectivity index (χ4v) is 6.08. The summed E-state index contributed by atoms with van der Waals surface area (Å²) in [5.74, 6) is -0.386. The molecule has 248 valence electrons. The Hall–Kier alpha value is -5.22. The molecular formula is C38H31Cl2N3O5S. The molecule has 0 aliphatic heterocycles. The summed E-state index contributed by atoms with van der Waals surface area (Å²) in [6.07, 6.45) is 1.53. The van der Waals surface area contributed by atoms with Gasteiger partial charge in [0.15, 0.2) is 11.5 Å². The van der Waals surface area contributed by atoms with Crippen molar-refractivity contribution in [1.29, 1.82) is 0 Å². The molecule has 5 rings (SSSR count). The molecule has 5 aromatic rings. The zero-order valence-electron chi connectivity index (χ0n) is 26.4. The molecule has 49 heavy (non-hydrogen) atoms. The molecule has 5 aromatic carbocycles. The second-order valence-corrected chi connectivity index (χ2v) is 12.5. The molecule has 0 saturated carbocycles. The molecule has 3 amide bonds. The van der Waals surface area contributed by atoms with Gasteiger partial charge in [0.2, 0.25) is 5.91 Å². The molecule has 3 N–H and O–H groups in total. The maximum absolute atomic E-state index is 13.7. The van der Waals surface area contributed by atoms with Crippen molar-refractivity contribution in [2.45, 2.75) is 10.1 Å². The van der Waals surface area contributed by atoms with E-state index in [4.69, 9.17) is 32.7 Å². The smallest absolute Gasteiger partial charge is 0.272 e. The molecule has 8 nitrogen and oxygen atoms in total. The third-order valence-electron chi connectivity index (χ3n) is 7.16. The van der Waals surface area contributed by atoms with Crippen molar-refractivity contribution in [3.63, 3.8) is 0 Å². The first kappa shape index (κ1) is 35.1. The average molecular weight is 713 g/mol. The average Bonchev–Trinajstić information content (AvgIpc) is 3.13. The van der Waals surface area contributed by atoms with Gasteiger partial charge in [-0.2, -0.15) is 0 Å². The van der Waals surface area contributed by atoms with Crippen LogP contribution in [-0.4, -0.2) is 31.9 Å². The SMILES string of the molecule is COc1cccc(/C=C(\NC(=O)c2ccccc2)C(=O)Nc2ccc(SC(C(=O)Nc3ccc(Cl)c(Cl)c3)c3ccccc3)cc2)c1OC. The van der Waals surface area contributed by atoms with Crippen LogP contribution in [0.25, 0.3) is 6.08 Å². The lowest BCUT2D eigenvalue weighted by atomic mass is 10.1. The van der Waals surface area contributed by atoms with E-state index in [1.807, 2.05) is 30.3 Å². The van der Waals surface area contributed by atoms with Crippen LogP contribution >= 0.6 is 35.0 Å². The number of ether oxygens (including phenoxy) is 2. The summed E-state index contributed by atoms with van der Waals surface area (Å²) < 4.78 is 10.9. The predicted octanol–water partition coefficient (Wildman–Crippen LogP) is 8.89. The third-order valence-corrected chi connectivity index (χ3v) is 9.16. The fourth-order valence-electron chi connectivity index (χ4n) is 4.76. The maximum Gasteiger partial charge on any atom is 0.272 e. The molecule has 0 saturated heterocycles. The highest BCUT2D eigenvalue weighted by molar-refractivity contribution is 8.00. The molecule has 0 spiro atoms. The molecular weight excluding hydrogens is 681 g/mol. The molecule has 1 unspecified atom stereocenters. The number of carbonyl (C=O) groups excluding carboxylic acids is 3. The Morgan fingerprint density at radius 2 is 1.39 bits per heavy atom. The summed E-state index contributed by atoms with van der Waals surface area (Å²) >= 11 is 13.6. The van der Waals surface area contributed by atoms with Crippen molar-refractivity contribution in [3.8, 4) is 11.5 Å². The molecule has 0 bridgehead atoms. The van der Waals surface area contributed by atoms with Crippen LogP contribution in [0.5, 0.6) is 11.5 Å². The van der Waals surface area contributed by atoms with Crippen LogP contribution in [0.2, 0.25) is 10.0 Å². The van der Waals surface area contributed by atoms with Gasteiger partial charge in [0.05, 0.1) is 24.3 Å². The van der Waals surface area contributed by atoms with E-state index >= 15 is 0 Å². The van der Waals surface area contributed by atoms with Crippen LogP contribution in [0.15, 0.2) is 132 Å². The highest BCUT2D eigenvalue weighted by Crippen LogP contribution is 2.37. The lowest BCUT2D eigenvalue weighted by Gasteiger charge is -2.18. The van der Waals surface area contributed by atoms with Gasteiger partial charge in [-0.3, -0.25) is 14.4 Å². The first-order valence-electron chi connectivity index (χ1n) is 14.9. The van der Waals surface area contributed by atoms with E-state index in [2.05, 4.69) is 16.0 Å². The van der Waals surface area contributed by atoms with Gasteiger partial charge in [-0.1, -0.05) is 83.9 Å². The van der Waals surface area contributed by atoms with Gasteiger partial charge in [-0.25, -0.2) is 0 Å². The largest absolute Gasteiger partial charge is 0.493 e. The Morgan fingerprint density at radius 1 is 0.714 bits per heavy atom. The lowest BCUT2D eigenvalue weighted by molar-refractivity contribution is -0.116. The van der Waals surface area contributed by atoms with Gasteiger partial charge in [0.25, 0.3) is 11.8 Å². The van der Waals surface area contributed by atoms with E-state index in [0.29, 0.717) is 44.0 Å². The second-order valence-electron chi connectivity index (χ2n) is 10.5. The van der Waals surface area contributed by atoms with Crippen LogP contribution in [0.4, 0.5) is 11.4 Å². The molecule has 0 heterocycles. The van der Waals surface area contributed by atoms with Gasteiger partial charge in [-0.15, -0.1) is 11.8 Å². The van der Waals surface area contributed by atoms with Crippen LogP contribution < -0.4 is 25.4 Å². The number of thioether (sulfide) groups is 1. The Morgan fingerprint density at radius 3 is 2.04 bits per heavy atom. The normalized spacial score (nSPS) is 11.6. The molecule has 0 aliphatic carbocycles. The quantitative estimate of drug-likeness (QED) is 0.0882. The number of anilines is 2. The topological polar surface area (TPSA) is 106 Å². The minimum atomic E-state index is -0.600. The number of rotatable bonds is 12. The van der Waals surface area contributed by atoms with Crippen LogP contribution in [0, 0.1) is 0 Å². The van der Waals surface area contributed by atoms with Gasteiger partial charge in [-0.05, 0) is 72.3 Å². The first-order chi connectivity index (χ1) is 23.7. The zero-order chi connectivity index (χ0) is 34.8. The summed E-state index contributed by atoms with van der Waals surface area (Å²) in [7, 11) is 3.01. The van der Waals surface area contributed by atoms with E-state index in [9.17, 15) is 14.4 Å². The minimum absolute atomic E-state index is 0.0121. The fraction of sp³-hybridized carbons (Fsp3) is 0.0789. The molecule has 0 radical (unpaired) electrons. The first-order valence-corrected chi connectivity index (χ1v) is 16.6. The van der Waals surface area contributed by atoms with Crippen LogP contribution in [0.3, 0.4) is 0 Å². The monoisotopic (exact) mass is 711 g/mol. The van der Waals surface area contributed by atoms with E-state index in [0.717, 1.165) is 10.5 Å². The van der Waals surface area contributed by atoms with Crippen molar-refractivity contribution in [2.24, 2.45) is 0 Å². The van der Waals surface area contributed by atoms with Crippen molar-refractivity contribution in [3.05, 3.63) is 154 Å². The third kappa shape index (κ3) is 9.23. The second kappa shape index (κ2) is 16.7. The van der Waals surface area contributed by atoms with Crippen LogP contribution in [0.1, 0.15) is 26.7 Å². The number of halogens is 2. The number of hydrogen-bond acceptors (Lipinski definition) is 6. The lowest BCUT2D eigenvalue weighted by Crippen LogP contribution is -2.30. The Labute approximate surface area is 298 Å². The van der Waals surface area contributed by atoms with E-state index in [-0.39, 0.29) is 11.6 Å².